The van der Waals surface area contributed by atoms with Gasteiger partial charge >= 0.3 is 5.97 Å². The van der Waals surface area contributed by atoms with E-state index in [2.05, 4.69) is 4.74 Å². The zero-order chi connectivity index (χ0) is 14.0. The lowest BCUT2D eigenvalue weighted by Gasteiger charge is -2.08. The highest BCUT2D eigenvalue weighted by atomic mass is 19.1. The quantitative estimate of drug-likeness (QED) is 0.474. The number of pyridine rings is 1. The van der Waals surface area contributed by atoms with Crippen LogP contribution in [-0.4, -0.2) is 13.1 Å². The third-order valence-electron chi connectivity index (χ3n) is 2.56. The normalized spacial score (nSPS) is 10.3. The fourth-order valence-electron chi connectivity index (χ4n) is 1.64. The number of hydrogen-bond donors (Lipinski definition) is 0. The summed E-state index contributed by atoms with van der Waals surface area (Å²) in [6.07, 6.45) is 0.994. The van der Waals surface area contributed by atoms with E-state index in [4.69, 9.17) is 0 Å². The Labute approximate surface area is 107 Å². The highest BCUT2D eigenvalue weighted by molar-refractivity contribution is 5.90. The van der Waals surface area contributed by atoms with Gasteiger partial charge in [-0.15, -0.1) is 0 Å². The van der Waals surface area contributed by atoms with E-state index in [-0.39, 0.29) is 21.6 Å². The van der Waals surface area contributed by atoms with Crippen molar-refractivity contribution in [1.29, 1.82) is 0 Å². The molecule has 0 saturated heterocycles. The van der Waals surface area contributed by atoms with Gasteiger partial charge < -0.3 is 9.94 Å². The number of esters is 1. The van der Waals surface area contributed by atoms with Crippen molar-refractivity contribution in [1.82, 2.24) is 0 Å². The van der Waals surface area contributed by atoms with Gasteiger partial charge in [0.25, 0.3) is 5.69 Å². The number of benzene rings is 1. The van der Waals surface area contributed by atoms with Crippen LogP contribution in [0.1, 0.15) is 10.4 Å². The summed E-state index contributed by atoms with van der Waals surface area (Å²) in [6.45, 7) is 0. The Balaban J connectivity index is 2.62. The Kier molecular flexibility index (Phi) is 3.41. The molecule has 19 heavy (non-hydrogen) atoms. The summed E-state index contributed by atoms with van der Waals surface area (Å²) in [5.74, 6) is -2.40. The first-order chi connectivity index (χ1) is 9.04. The van der Waals surface area contributed by atoms with Crippen LogP contribution in [0.3, 0.4) is 0 Å². The Bertz CT molecular complexity index is 627. The summed E-state index contributed by atoms with van der Waals surface area (Å²) < 4.78 is 31.6. The average Bonchev–Trinajstić information content (AvgIpc) is 2.40. The predicted octanol–water partition coefficient (Wildman–Crippen LogP) is 2.05. The topological polar surface area (TPSA) is 53.2 Å². The number of aromatic nitrogens is 1. The maximum absolute atomic E-state index is 14.1. The molecule has 1 heterocycles. The zero-order valence-electron chi connectivity index (χ0n) is 9.89. The summed E-state index contributed by atoms with van der Waals surface area (Å²) in [5, 5.41) is 11.6. The van der Waals surface area contributed by atoms with Gasteiger partial charge in [0.05, 0.1) is 12.7 Å². The Morgan fingerprint density at radius 1 is 1.21 bits per heavy atom. The lowest BCUT2D eigenvalue weighted by Crippen LogP contribution is -2.31. The van der Waals surface area contributed by atoms with Crippen LogP contribution in [0.2, 0.25) is 0 Å². The molecule has 0 unspecified atom stereocenters. The minimum absolute atomic E-state index is 0.166. The molecule has 2 rings (SSSR count). The molecule has 0 N–H and O–H groups in total. The molecule has 0 spiro atoms. The third-order valence-corrected chi connectivity index (χ3v) is 2.56. The Hall–Kier alpha value is -2.50. The summed E-state index contributed by atoms with van der Waals surface area (Å²) in [7, 11) is 1.11. The van der Waals surface area contributed by atoms with Crippen molar-refractivity contribution in [2.45, 2.75) is 0 Å². The number of halogens is 2. The number of carbonyl (C=O) groups is 1. The second kappa shape index (κ2) is 5.01. The third kappa shape index (κ3) is 2.37. The van der Waals surface area contributed by atoms with Crippen molar-refractivity contribution >= 4 is 5.97 Å². The van der Waals surface area contributed by atoms with Crippen LogP contribution >= 0.6 is 0 Å². The summed E-state index contributed by atoms with van der Waals surface area (Å²) in [4.78, 5) is 11.3. The van der Waals surface area contributed by atoms with Crippen LogP contribution in [0.5, 0.6) is 0 Å². The molecule has 2 aromatic rings. The molecule has 1 aromatic heterocycles. The Morgan fingerprint density at radius 2 is 1.84 bits per heavy atom. The van der Waals surface area contributed by atoms with Gasteiger partial charge in [-0.25, -0.2) is 9.18 Å². The maximum Gasteiger partial charge on any atom is 0.341 e. The standard InChI is InChI=1S/C13H9F2NO3/c1-19-13(17)10-6-7-16(18)12(11(10)15)8-2-4-9(14)5-3-8/h2-7H,1H3. The molecule has 0 radical (unpaired) electrons. The molecule has 1 aromatic carbocycles. The smallest absolute Gasteiger partial charge is 0.341 e. The number of nitrogens with zero attached hydrogens (tertiary/aromatic N) is 1. The highest BCUT2D eigenvalue weighted by Gasteiger charge is 2.24. The number of carbonyl (C=O) groups excluding carboxylic acids is 1. The van der Waals surface area contributed by atoms with E-state index < -0.39 is 17.6 Å². The van der Waals surface area contributed by atoms with Crippen molar-refractivity contribution in [3.63, 3.8) is 0 Å². The second-order valence-electron chi connectivity index (χ2n) is 3.72. The largest absolute Gasteiger partial charge is 0.618 e. The maximum atomic E-state index is 14.1. The number of ether oxygens (including phenoxy) is 1. The molecular weight excluding hydrogens is 256 g/mol. The van der Waals surface area contributed by atoms with E-state index in [1.807, 2.05) is 0 Å². The number of rotatable bonds is 2. The minimum atomic E-state index is -1.00. The Morgan fingerprint density at radius 3 is 2.42 bits per heavy atom. The van der Waals surface area contributed by atoms with Crippen LogP contribution in [0, 0.1) is 16.8 Å². The van der Waals surface area contributed by atoms with Gasteiger partial charge in [-0.05, 0) is 24.3 Å². The molecule has 0 aliphatic carbocycles. The van der Waals surface area contributed by atoms with E-state index >= 15 is 0 Å². The van der Waals surface area contributed by atoms with Gasteiger partial charge in [0.1, 0.15) is 11.4 Å². The number of hydrogen-bond acceptors (Lipinski definition) is 3. The van der Waals surface area contributed by atoms with Crippen LogP contribution < -0.4 is 4.73 Å². The molecule has 0 aliphatic heterocycles. The van der Waals surface area contributed by atoms with Gasteiger partial charge in [-0.1, -0.05) is 0 Å². The van der Waals surface area contributed by atoms with Crippen molar-refractivity contribution in [3.8, 4) is 11.3 Å². The zero-order valence-corrected chi connectivity index (χ0v) is 9.89. The first kappa shape index (κ1) is 12.9. The molecule has 98 valence electrons. The van der Waals surface area contributed by atoms with Crippen molar-refractivity contribution in [2.75, 3.05) is 7.11 Å². The van der Waals surface area contributed by atoms with Crippen molar-refractivity contribution < 1.29 is 23.0 Å². The van der Waals surface area contributed by atoms with Gasteiger partial charge in [0, 0.05) is 6.07 Å². The minimum Gasteiger partial charge on any atom is -0.618 e. The van der Waals surface area contributed by atoms with Crippen LogP contribution in [-0.2, 0) is 4.74 Å². The average molecular weight is 265 g/mol. The summed E-state index contributed by atoms with van der Waals surface area (Å²) in [5.41, 5.74) is -0.545. The van der Waals surface area contributed by atoms with Gasteiger partial charge in [0.2, 0.25) is 5.82 Å². The lowest BCUT2D eigenvalue weighted by atomic mass is 10.1. The highest BCUT2D eigenvalue weighted by Crippen LogP contribution is 2.22. The van der Waals surface area contributed by atoms with Crippen LogP contribution in [0.25, 0.3) is 11.3 Å². The van der Waals surface area contributed by atoms with Crippen LogP contribution in [0.15, 0.2) is 36.5 Å². The number of methoxy groups -OCH3 is 1. The van der Waals surface area contributed by atoms with E-state index in [9.17, 15) is 18.8 Å². The van der Waals surface area contributed by atoms with Crippen molar-refractivity contribution in [2.24, 2.45) is 0 Å². The first-order valence-electron chi connectivity index (χ1n) is 5.30. The monoisotopic (exact) mass is 265 g/mol. The summed E-state index contributed by atoms with van der Waals surface area (Å²) >= 11 is 0. The van der Waals surface area contributed by atoms with Gasteiger partial charge in [-0.2, -0.15) is 9.12 Å². The van der Waals surface area contributed by atoms with Gasteiger partial charge in [-0.3, -0.25) is 0 Å². The van der Waals surface area contributed by atoms with E-state index in [0.717, 1.165) is 31.5 Å². The van der Waals surface area contributed by atoms with E-state index in [1.54, 1.807) is 0 Å². The molecule has 4 nitrogen and oxygen atoms in total. The molecule has 6 heteroatoms. The molecule has 0 bridgehead atoms. The molecule has 0 atom stereocenters. The van der Waals surface area contributed by atoms with Gasteiger partial charge in [0.15, 0.2) is 6.20 Å². The van der Waals surface area contributed by atoms with E-state index in [0.29, 0.717) is 0 Å². The predicted molar refractivity (Wildman–Crippen MR) is 62.1 cm³/mol. The van der Waals surface area contributed by atoms with Crippen LogP contribution in [0.4, 0.5) is 8.78 Å². The molecule has 0 fully saturated rings. The SMILES string of the molecule is COC(=O)c1cc[n+]([O-])c(-c2ccc(F)cc2)c1F. The molecule has 0 amide bonds. The lowest BCUT2D eigenvalue weighted by molar-refractivity contribution is -0.595. The fourth-order valence-corrected chi connectivity index (χ4v) is 1.64. The van der Waals surface area contributed by atoms with E-state index in [1.165, 1.54) is 12.1 Å². The summed E-state index contributed by atoms with van der Waals surface area (Å²) in [6, 6.07) is 5.73. The fraction of sp³-hybridized carbons (Fsp3) is 0.0769. The molecule has 0 aliphatic rings. The molecular formula is C13H9F2NO3. The molecule has 0 saturated carbocycles. The van der Waals surface area contributed by atoms with Crippen molar-refractivity contribution in [3.05, 3.63) is 58.9 Å². The first-order valence-corrected chi connectivity index (χ1v) is 5.30. The second-order valence-corrected chi connectivity index (χ2v) is 3.72.